The van der Waals surface area contributed by atoms with Gasteiger partial charge in [-0.05, 0) is 6.42 Å². The summed E-state index contributed by atoms with van der Waals surface area (Å²) in [4.78, 5) is 46.2. The molecule has 0 aliphatic carbocycles. The molecular weight excluding hydrogens is 270 g/mol. The molecule has 0 aromatic rings. The SMILES string of the molecule is CCC1C(=O)NCCN1C(=O)N[C@H](CC(=O)O)C(=O)O. The van der Waals surface area contributed by atoms with E-state index in [0.29, 0.717) is 6.42 Å². The second kappa shape index (κ2) is 6.73. The summed E-state index contributed by atoms with van der Waals surface area (Å²) in [5.74, 6) is -3.07. The number of piperazine rings is 1. The van der Waals surface area contributed by atoms with E-state index < -0.39 is 36.5 Å². The van der Waals surface area contributed by atoms with Crippen molar-refractivity contribution in [1.82, 2.24) is 15.5 Å². The van der Waals surface area contributed by atoms with Crippen LogP contribution in [0.5, 0.6) is 0 Å². The molecule has 0 bridgehead atoms. The molecule has 0 aromatic heterocycles. The maximum Gasteiger partial charge on any atom is 0.326 e. The Morgan fingerprint density at radius 3 is 2.60 bits per heavy atom. The lowest BCUT2D eigenvalue weighted by Crippen LogP contribution is -2.60. The molecule has 0 aromatic carbocycles. The van der Waals surface area contributed by atoms with Gasteiger partial charge in [0.2, 0.25) is 5.91 Å². The zero-order valence-electron chi connectivity index (χ0n) is 11.0. The van der Waals surface area contributed by atoms with E-state index in [1.807, 2.05) is 0 Å². The zero-order valence-corrected chi connectivity index (χ0v) is 11.0. The van der Waals surface area contributed by atoms with Crippen LogP contribution in [-0.4, -0.2) is 64.2 Å². The Labute approximate surface area is 114 Å². The lowest BCUT2D eigenvalue weighted by atomic mass is 10.1. The fraction of sp³-hybridized carbons (Fsp3) is 0.636. The first-order chi connectivity index (χ1) is 9.36. The number of amides is 3. The molecule has 1 fully saturated rings. The zero-order chi connectivity index (χ0) is 15.3. The summed E-state index contributed by atoms with van der Waals surface area (Å²) in [5.41, 5.74) is 0. The van der Waals surface area contributed by atoms with Gasteiger partial charge in [-0.15, -0.1) is 0 Å². The molecule has 1 saturated heterocycles. The Kier molecular flexibility index (Phi) is 5.30. The third-order valence-electron chi connectivity index (χ3n) is 2.95. The summed E-state index contributed by atoms with van der Waals surface area (Å²) < 4.78 is 0. The number of hydrogen-bond donors (Lipinski definition) is 4. The monoisotopic (exact) mass is 287 g/mol. The molecule has 1 heterocycles. The number of nitrogens with zero attached hydrogens (tertiary/aromatic N) is 1. The van der Waals surface area contributed by atoms with E-state index in [1.54, 1.807) is 6.92 Å². The first kappa shape index (κ1) is 15.7. The first-order valence-corrected chi connectivity index (χ1v) is 6.16. The van der Waals surface area contributed by atoms with Gasteiger partial charge < -0.3 is 25.7 Å². The Morgan fingerprint density at radius 2 is 2.10 bits per heavy atom. The van der Waals surface area contributed by atoms with E-state index in [0.717, 1.165) is 0 Å². The second-order valence-corrected chi connectivity index (χ2v) is 4.35. The van der Waals surface area contributed by atoms with Gasteiger partial charge in [0.15, 0.2) is 0 Å². The van der Waals surface area contributed by atoms with Crippen molar-refractivity contribution in [3.8, 4) is 0 Å². The summed E-state index contributed by atoms with van der Waals surface area (Å²) in [6.45, 7) is 2.25. The number of nitrogens with one attached hydrogen (secondary N) is 2. The molecule has 1 rings (SSSR count). The number of aliphatic carboxylic acids is 2. The van der Waals surface area contributed by atoms with Crippen molar-refractivity contribution in [2.75, 3.05) is 13.1 Å². The lowest BCUT2D eigenvalue weighted by molar-refractivity contribution is -0.145. The van der Waals surface area contributed by atoms with Crippen molar-refractivity contribution in [2.24, 2.45) is 0 Å². The summed E-state index contributed by atoms with van der Waals surface area (Å²) >= 11 is 0. The molecule has 3 amide bonds. The van der Waals surface area contributed by atoms with Crippen LogP contribution in [0.2, 0.25) is 0 Å². The van der Waals surface area contributed by atoms with Gasteiger partial charge in [-0.25, -0.2) is 9.59 Å². The van der Waals surface area contributed by atoms with Crippen LogP contribution in [0, 0.1) is 0 Å². The van der Waals surface area contributed by atoms with Gasteiger partial charge in [0.1, 0.15) is 12.1 Å². The first-order valence-electron chi connectivity index (χ1n) is 6.16. The molecule has 1 unspecified atom stereocenters. The highest BCUT2D eigenvalue weighted by Crippen LogP contribution is 2.09. The summed E-state index contributed by atoms with van der Waals surface area (Å²) in [7, 11) is 0. The Bertz CT molecular complexity index is 424. The van der Waals surface area contributed by atoms with Gasteiger partial charge in [0, 0.05) is 13.1 Å². The average molecular weight is 287 g/mol. The van der Waals surface area contributed by atoms with Crippen molar-refractivity contribution in [2.45, 2.75) is 31.8 Å². The number of carbonyl (C=O) groups excluding carboxylic acids is 2. The van der Waals surface area contributed by atoms with Crippen molar-refractivity contribution < 1.29 is 29.4 Å². The number of carboxylic acid groups (broad SMARTS) is 2. The maximum absolute atomic E-state index is 12.0. The quantitative estimate of drug-likeness (QED) is 0.503. The highest BCUT2D eigenvalue weighted by atomic mass is 16.4. The molecule has 4 N–H and O–H groups in total. The van der Waals surface area contributed by atoms with Crippen LogP contribution in [0.3, 0.4) is 0 Å². The van der Waals surface area contributed by atoms with E-state index in [9.17, 15) is 19.2 Å². The Balaban J connectivity index is 2.74. The van der Waals surface area contributed by atoms with Crippen LogP contribution >= 0.6 is 0 Å². The van der Waals surface area contributed by atoms with Gasteiger partial charge in [0.05, 0.1) is 6.42 Å². The fourth-order valence-corrected chi connectivity index (χ4v) is 1.97. The van der Waals surface area contributed by atoms with Crippen molar-refractivity contribution >= 4 is 23.9 Å². The third kappa shape index (κ3) is 3.84. The number of urea groups is 1. The number of carboxylic acids is 2. The molecule has 0 saturated carbocycles. The predicted molar refractivity (Wildman–Crippen MR) is 66.0 cm³/mol. The molecular formula is C11H17N3O6. The molecule has 20 heavy (non-hydrogen) atoms. The molecule has 1 aliphatic heterocycles. The minimum Gasteiger partial charge on any atom is -0.481 e. The molecule has 9 nitrogen and oxygen atoms in total. The molecule has 0 spiro atoms. The minimum absolute atomic E-state index is 0.246. The smallest absolute Gasteiger partial charge is 0.326 e. The summed E-state index contributed by atoms with van der Waals surface area (Å²) in [6, 6.07) is -2.95. The van der Waals surface area contributed by atoms with Gasteiger partial charge in [-0.2, -0.15) is 0 Å². The normalized spacial score (nSPS) is 19.9. The van der Waals surface area contributed by atoms with E-state index >= 15 is 0 Å². The van der Waals surface area contributed by atoms with Crippen molar-refractivity contribution in [3.05, 3.63) is 0 Å². The minimum atomic E-state index is -1.53. The van der Waals surface area contributed by atoms with Crippen LogP contribution in [0.15, 0.2) is 0 Å². The van der Waals surface area contributed by atoms with Crippen LogP contribution < -0.4 is 10.6 Å². The standard InChI is InChI=1S/C11H17N3O6/c1-2-7-9(17)12-3-4-14(7)11(20)13-6(10(18)19)5-8(15)16/h6-7H,2-5H2,1H3,(H,12,17)(H,13,20)(H,15,16)(H,18,19)/t6-,7?/m1/s1. The van der Waals surface area contributed by atoms with Gasteiger partial charge in [-0.3, -0.25) is 9.59 Å². The summed E-state index contributed by atoms with van der Waals surface area (Å²) in [5, 5.41) is 22.2. The van der Waals surface area contributed by atoms with Crippen LogP contribution in [0.1, 0.15) is 19.8 Å². The average Bonchev–Trinajstić information content (AvgIpc) is 2.36. The van der Waals surface area contributed by atoms with Gasteiger partial charge >= 0.3 is 18.0 Å². The largest absolute Gasteiger partial charge is 0.481 e. The fourth-order valence-electron chi connectivity index (χ4n) is 1.97. The number of rotatable bonds is 5. The van der Waals surface area contributed by atoms with Crippen LogP contribution in [0.4, 0.5) is 4.79 Å². The maximum atomic E-state index is 12.0. The van der Waals surface area contributed by atoms with E-state index in [4.69, 9.17) is 10.2 Å². The van der Waals surface area contributed by atoms with E-state index in [1.165, 1.54) is 4.90 Å². The van der Waals surface area contributed by atoms with Gasteiger partial charge in [0.25, 0.3) is 0 Å². The Hall–Kier alpha value is -2.32. The van der Waals surface area contributed by atoms with E-state index in [2.05, 4.69) is 10.6 Å². The van der Waals surface area contributed by atoms with Crippen molar-refractivity contribution in [3.63, 3.8) is 0 Å². The van der Waals surface area contributed by atoms with Crippen LogP contribution in [0.25, 0.3) is 0 Å². The Morgan fingerprint density at radius 1 is 1.45 bits per heavy atom. The topological polar surface area (TPSA) is 136 Å². The lowest BCUT2D eigenvalue weighted by Gasteiger charge is -2.35. The number of carbonyl (C=O) groups is 4. The predicted octanol–water partition coefficient (Wildman–Crippen LogP) is -1.17. The third-order valence-corrected chi connectivity index (χ3v) is 2.95. The molecule has 1 aliphatic rings. The van der Waals surface area contributed by atoms with Crippen LogP contribution in [-0.2, 0) is 14.4 Å². The van der Waals surface area contributed by atoms with Gasteiger partial charge in [-0.1, -0.05) is 6.92 Å². The summed E-state index contributed by atoms with van der Waals surface area (Å²) in [6.07, 6.45) is -0.339. The van der Waals surface area contributed by atoms with E-state index in [-0.39, 0.29) is 19.0 Å². The highest BCUT2D eigenvalue weighted by molar-refractivity contribution is 5.90. The molecule has 112 valence electrons. The molecule has 9 heteroatoms. The molecule has 2 atom stereocenters. The van der Waals surface area contributed by atoms with Crippen molar-refractivity contribution in [1.29, 1.82) is 0 Å². The molecule has 0 radical (unpaired) electrons. The highest BCUT2D eigenvalue weighted by Gasteiger charge is 2.33. The second-order valence-electron chi connectivity index (χ2n) is 4.35. The number of hydrogen-bond acceptors (Lipinski definition) is 4.